The molecule has 6 nitrogen and oxygen atoms in total. The van der Waals surface area contributed by atoms with Gasteiger partial charge in [-0.05, 0) is 30.3 Å². The molecule has 0 amide bonds. The first-order chi connectivity index (χ1) is 12.6. The fraction of sp³-hybridized carbons (Fsp3) is 0.278. The molecule has 26 heavy (non-hydrogen) atoms. The van der Waals surface area contributed by atoms with E-state index in [1.54, 1.807) is 18.2 Å². The summed E-state index contributed by atoms with van der Waals surface area (Å²) in [6.07, 6.45) is 1.10. The number of anilines is 2. The molecule has 138 valence electrons. The van der Waals surface area contributed by atoms with Crippen molar-refractivity contribution in [2.75, 3.05) is 36.5 Å². The highest BCUT2D eigenvalue weighted by Crippen LogP contribution is 2.28. The molecule has 0 aromatic heterocycles. The number of oxime groups is 1. The second-order valence-corrected chi connectivity index (χ2v) is 6.30. The van der Waals surface area contributed by atoms with Crippen LogP contribution in [-0.4, -0.2) is 42.8 Å². The molecular formula is C18H19ClFN3O3. The van der Waals surface area contributed by atoms with Gasteiger partial charge in [-0.3, -0.25) is 0 Å². The third-order valence-corrected chi connectivity index (χ3v) is 4.38. The van der Waals surface area contributed by atoms with Crippen molar-refractivity contribution in [3.8, 4) is 5.75 Å². The number of ether oxygens (including phenoxy) is 1. The molecule has 0 spiro atoms. The van der Waals surface area contributed by atoms with Gasteiger partial charge in [0.15, 0.2) is 0 Å². The second kappa shape index (κ2) is 8.25. The summed E-state index contributed by atoms with van der Waals surface area (Å²) in [5.41, 5.74) is 1.93. The van der Waals surface area contributed by atoms with E-state index in [1.807, 2.05) is 4.90 Å². The number of rotatable bonds is 5. The molecule has 0 radical (unpaired) electrons. The van der Waals surface area contributed by atoms with Gasteiger partial charge in [0.1, 0.15) is 11.6 Å². The van der Waals surface area contributed by atoms with Crippen LogP contribution in [0.2, 0.25) is 5.02 Å². The van der Waals surface area contributed by atoms with E-state index in [9.17, 15) is 9.50 Å². The minimum Gasteiger partial charge on any atom is -0.507 e. The number of halogens is 2. The van der Waals surface area contributed by atoms with E-state index in [4.69, 9.17) is 21.5 Å². The summed E-state index contributed by atoms with van der Waals surface area (Å²) < 4.78 is 19.7. The Labute approximate surface area is 155 Å². The molecule has 1 heterocycles. The Morgan fingerprint density at radius 2 is 2.04 bits per heavy atom. The zero-order valence-electron chi connectivity index (χ0n) is 14.0. The lowest BCUT2D eigenvalue weighted by atomic mass is 10.1. The maximum absolute atomic E-state index is 14.4. The molecule has 0 bridgehead atoms. The third kappa shape index (κ3) is 4.17. The van der Waals surface area contributed by atoms with E-state index in [2.05, 4.69) is 10.5 Å². The van der Waals surface area contributed by atoms with Gasteiger partial charge in [0, 0.05) is 41.5 Å². The normalized spacial score (nSPS) is 14.8. The molecule has 0 unspecified atom stereocenters. The molecule has 0 atom stereocenters. The lowest BCUT2D eigenvalue weighted by Crippen LogP contribution is -2.36. The SMILES string of the molecule is O/N=C/c1cc(Cl)cc(CNc2ccc(N3CCOCC3)c(F)c2)c1O. The molecule has 8 heteroatoms. The molecule has 2 aromatic rings. The summed E-state index contributed by atoms with van der Waals surface area (Å²) in [7, 11) is 0. The lowest BCUT2D eigenvalue weighted by molar-refractivity contribution is 0.122. The molecule has 1 saturated heterocycles. The van der Waals surface area contributed by atoms with Gasteiger partial charge in [0.25, 0.3) is 0 Å². The number of benzene rings is 2. The number of nitrogens with zero attached hydrogens (tertiary/aromatic N) is 2. The van der Waals surface area contributed by atoms with E-state index >= 15 is 0 Å². The minimum atomic E-state index is -0.319. The Morgan fingerprint density at radius 1 is 1.27 bits per heavy atom. The van der Waals surface area contributed by atoms with Crippen molar-refractivity contribution < 1.29 is 19.4 Å². The van der Waals surface area contributed by atoms with E-state index in [0.29, 0.717) is 53.8 Å². The summed E-state index contributed by atoms with van der Waals surface area (Å²) in [5.74, 6) is -0.370. The third-order valence-electron chi connectivity index (χ3n) is 4.16. The number of phenols is 1. The maximum atomic E-state index is 14.4. The highest BCUT2D eigenvalue weighted by molar-refractivity contribution is 6.31. The van der Waals surface area contributed by atoms with Crippen molar-refractivity contribution in [1.82, 2.24) is 0 Å². The highest BCUT2D eigenvalue weighted by Gasteiger charge is 2.15. The molecule has 1 aliphatic rings. The van der Waals surface area contributed by atoms with Crippen LogP contribution in [0.15, 0.2) is 35.5 Å². The zero-order chi connectivity index (χ0) is 18.5. The van der Waals surface area contributed by atoms with Crippen LogP contribution in [0.25, 0.3) is 0 Å². The Morgan fingerprint density at radius 3 is 2.73 bits per heavy atom. The monoisotopic (exact) mass is 379 g/mol. The standard InChI is InChI=1S/C18H19ClFN3O3/c19-14-7-12(18(24)13(8-14)11-22-25)10-21-15-1-2-17(16(20)9-15)23-3-5-26-6-4-23/h1-2,7-9,11,21,24-25H,3-6,10H2/b22-11+. The summed E-state index contributed by atoms with van der Waals surface area (Å²) in [5, 5.41) is 25.2. The summed E-state index contributed by atoms with van der Waals surface area (Å²) in [4.78, 5) is 1.95. The topological polar surface area (TPSA) is 77.3 Å². The van der Waals surface area contributed by atoms with Crippen molar-refractivity contribution in [1.29, 1.82) is 0 Å². The average Bonchev–Trinajstić information content (AvgIpc) is 2.64. The molecule has 2 aromatic carbocycles. The molecule has 0 saturated carbocycles. The number of morpholine rings is 1. The van der Waals surface area contributed by atoms with Crippen LogP contribution in [0.1, 0.15) is 11.1 Å². The van der Waals surface area contributed by atoms with Crippen LogP contribution in [-0.2, 0) is 11.3 Å². The fourth-order valence-corrected chi connectivity index (χ4v) is 3.10. The largest absolute Gasteiger partial charge is 0.507 e. The van der Waals surface area contributed by atoms with Gasteiger partial charge >= 0.3 is 0 Å². The van der Waals surface area contributed by atoms with Crippen molar-refractivity contribution >= 4 is 29.2 Å². The molecule has 3 rings (SSSR count). The van der Waals surface area contributed by atoms with Crippen LogP contribution in [0.3, 0.4) is 0 Å². The predicted molar refractivity (Wildman–Crippen MR) is 99.3 cm³/mol. The summed E-state index contributed by atoms with van der Waals surface area (Å²) >= 11 is 6.01. The van der Waals surface area contributed by atoms with E-state index in [1.165, 1.54) is 12.1 Å². The van der Waals surface area contributed by atoms with Crippen molar-refractivity contribution in [3.63, 3.8) is 0 Å². The Bertz CT molecular complexity index is 811. The fourth-order valence-electron chi connectivity index (χ4n) is 2.85. The van der Waals surface area contributed by atoms with Gasteiger partial charge in [-0.25, -0.2) is 4.39 Å². The Kier molecular flexibility index (Phi) is 5.80. The van der Waals surface area contributed by atoms with Crippen molar-refractivity contribution in [2.45, 2.75) is 6.54 Å². The van der Waals surface area contributed by atoms with Gasteiger partial charge in [0.2, 0.25) is 0 Å². The number of phenolic OH excluding ortho intramolecular Hbond substituents is 1. The molecule has 1 aliphatic heterocycles. The number of hydrogen-bond donors (Lipinski definition) is 3. The minimum absolute atomic E-state index is 0.0508. The number of aromatic hydroxyl groups is 1. The van der Waals surface area contributed by atoms with Crippen LogP contribution in [0.4, 0.5) is 15.8 Å². The first-order valence-corrected chi connectivity index (χ1v) is 8.51. The Hall–Kier alpha value is -2.51. The van der Waals surface area contributed by atoms with E-state index in [-0.39, 0.29) is 18.1 Å². The van der Waals surface area contributed by atoms with Crippen molar-refractivity contribution in [2.24, 2.45) is 5.16 Å². The number of nitrogens with one attached hydrogen (secondary N) is 1. The lowest BCUT2D eigenvalue weighted by Gasteiger charge is -2.29. The quantitative estimate of drug-likeness (QED) is 0.421. The molecular weight excluding hydrogens is 361 g/mol. The summed E-state index contributed by atoms with van der Waals surface area (Å²) in [6, 6.07) is 8.01. The van der Waals surface area contributed by atoms with Gasteiger partial charge in [-0.15, -0.1) is 0 Å². The summed E-state index contributed by atoms with van der Waals surface area (Å²) in [6.45, 7) is 2.74. The molecule has 1 fully saturated rings. The molecule has 3 N–H and O–H groups in total. The van der Waals surface area contributed by atoms with Gasteiger partial charge in [-0.1, -0.05) is 16.8 Å². The maximum Gasteiger partial charge on any atom is 0.148 e. The van der Waals surface area contributed by atoms with Crippen LogP contribution >= 0.6 is 11.6 Å². The zero-order valence-corrected chi connectivity index (χ0v) is 14.7. The first kappa shape index (κ1) is 18.3. The van der Waals surface area contributed by atoms with E-state index in [0.717, 1.165) is 6.21 Å². The molecule has 0 aliphatic carbocycles. The average molecular weight is 380 g/mol. The van der Waals surface area contributed by atoms with Crippen LogP contribution in [0, 0.1) is 5.82 Å². The van der Waals surface area contributed by atoms with E-state index < -0.39 is 0 Å². The Balaban J connectivity index is 1.73. The van der Waals surface area contributed by atoms with Gasteiger partial charge < -0.3 is 25.3 Å². The van der Waals surface area contributed by atoms with Gasteiger partial charge in [0.05, 0.1) is 25.1 Å². The number of hydrogen-bond acceptors (Lipinski definition) is 6. The van der Waals surface area contributed by atoms with Crippen LogP contribution in [0.5, 0.6) is 5.75 Å². The second-order valence-electron chi connectivity index (χ2n) is 5.87. The smallest absolute Gasteiger partial charge is 0.148 e. The van der Waals surface area contributed by atoms with Crippen molar-refractivity contribution in [3.05, 3.63) is 52.3 Å². The first-order valence-electron chi connectivity index (χ1n) is 8.13. The predicted octanol–water partition coefficient (Wildman–Crippen LogP) is 3.44. The van der Waals surface area contributed by atoms with Crippen LogP contribution < -0.4 is 10.2 Å². The van der Waals surface area contributed by atoms with Gasteiger partial charge in [-0.2, -0.15) is 0 Å². The highest BCUT2D eigenvalue weighted by atomic mass is 35.5.